The molecule has 1 saturated heterocycles. The zero-order valence-electron chi connectivity index (χ0n) is 15.5. The highest BCUT2D eigenvalue weighted by atomic mass is 16.6. The first-order valence-electron chi connectivity index (χ1n) is 8.45. The van der Waals surface area contributed by atoms with E-state index in [1.165, 1.54) is 6.20 Å². The standard InChI is InChI=1S/C17H26N4O4/c1-6-24-15(22)13-11-18-12(2)19-14(13)20-7-9-21(10-8-20)16(23)25-17(3,4)5/h11H,6-10H2,1-5H3. The summed E-state index contributed by atoms with van der Waals surface area (Å²) in [5.74, 6) is 0.694. The molecule has 1 aliphatic rings. The second kappa shape index (κ2) is 7.67. The molecule has 2 rings (SSSR count). The Kier molecular flexibility index (Phi) is 5.81. The molecule has 0 aliphatic carbocycles. The van der Waals surface area contributed by atoms with Crippen molar-refractivity contribution < 1.29 is 19.1 Å². The van der Waals surface area contributed by atoms with Gasteiger partial charge in [-0.3, -0.25) is 0 Å². The molecule has 0 atom stereocenters. The monoisotopic (exact) mass is 350 g/mol. The number of nitrogens with zero attached hydrogens (tertiary/aromatic N) is 4. The topological polar surface area (TPSA) is 84.9 Å². The van der Waals surface area contributed by atoms with Crippen molar-refractivity contribution in [3.05, 3.63) is 17.6 Å². The molecular formula is C17H26N4O4. The predicted molar refractivity (Wildman–Crippen MR) is 92.7 cm³/mol. The molecular weight excluding hydrogens is 324 g/mol. The maximum Gasteiger partial charge on any atom is 0.410 e. The van der Waals surface area contributed by atoms with Gasteiger partial charge in [0.25, 0.3) is 0 Å². The van der Waals surface area contributed by atoms with Gasteiger partial charge in [0.05, 0.1) is 6.61 Å². The highest BCUT2D eigenvalue weighted by molar-refractivity contribution is 5.94. The van der Waals surface area contributed by atoms with Gasteiger partial charge in [-0.15, -0.1) is 0 Å². The zero-order valence-corrected chi connectivity index (χ0v) is 15.5. The Morgan fingerprint density at radius 2 is 1.84 bits per heavy atom. The first kappa shape index (κ1) is 19.0. The number of ether oxygens (including phenoxy) is 2. The van der Waals surface area contributed by atoms with Gasteiger partial charge < -0.3 is 19.3 Å². The maximum absolute atomic E-state index is 12.2. The van der Waals surface area contributed by atoms with E-state index in [1.54, 1.807) is 18.7 Å². The molecule has 138 valence electrons. The minimum atomic E-state index is -0.519. The van der Waals surface area contributed by atoms with Gasteiger partial charge in [-0.05, 0) is 34.6 Å². The molecule has 25 heavy (non-hydrogen) atoms. The van der Waals surface area contributed by atoms with Gasteiger partial charge in [-0.1, -0.05) is 0 Å². The van der Waals surface area contributed by atoms with Crippen LogP contribution >= 0.6 is 0 Å². The number of hydrogen-bond donors (Lipinski definition) is 0. The Hall–Kier alpha value is -2.38. The first-order chi connectivity index (χ1) is 11.7. The summed E-state index contributed by atoms with van der Waals surface area (Å²) >= 11 is 0. The summed E-state index contributed by atoms with van der Waals surface area (Å²) in [7, 11) is 0. The van der Waals surface area contributed by atoms with Crippen LogP contribution < -0.4 is 4.90 Å². The van der Waals surface area contributed by atoms with Crippen LogP contribution in [0.2, 0.25) is 0 Å². The number of carbonyl (C=O) groups is 2. The molecule has 2 heterocycles. The summed E-state index contributed by atoms with van der Waals surface area (Å²) in [6.07, 6.45) is 1.17. The van der Waals surface area contributed by atoms with E-state index in [1.807, 2.05) is 25.7 Å². The minimum absolute atomic E-state index is 0.290. The van der Waals surface area contributed by atoms with Gasteiger partial charge in [-0.25, -0.2) is 19.6 Å². The molecule has 1 fully saturated rings. The summed E-state index contributed by atoms with van der Waals surface area (Å²) < 4.78 is 10.5. The highest BCUT2D eigenvalue weighted by Gasteiger charge is 2.28. The van der Waals surface area contributed by atoms with E-state index in [2.05, 4.69) is 9.97 Å². The van der Waals surface area contributed by atoms with E-state index in [4.69, 9.17) is 9.47 Å². The third-order valence-corrected chi connectivity index (χ3v) is 3.62. The second-order valence-corrected chi connectivity index (χ2v) is 6.83. The van der Waals surface area contributed by atoms with Crippen molar-refractivity contribution in [1.29, 1.82) is 0 Å². The van der Waals surface area contributed by atoms with E-state index < -0.39 is 11.6 Å². The molecule has 0 saturated carbocycles. The molecule has 8 nitrogen and oxygen atoms in total. The maximum atomic E-state index is 12.2. The van der Waals surface area contributed by atoms with Crippen molar-refractivity contribution in [3.8, 4) is 0 Å². The molecule has 1 amide bonds. The largest absolute Gasteiger partial charge is 0.462 e. The van der Waals surface area contributed by atoms with Crippen molar-refractivity contribution in [2.24, 2.45) is 0 Å². The van der Waals surface area contributed by atoms with Crippen molar-refractivity contribution in [3.63, 3.8) is 0 Å². The summed E-state index contributed by atoms with van der Waals surface area (Å²) in [5.41, 5.74) is -0.173. The molecule has 0 bridgehead atoms. The molecule has 0 aromatic carbocycles. The van der Waals surface area contributed by atoms with Gasteiger partial charge in [0, 0.05) is 32.4 Å². The van der Waals surface area contributed by atoms with Crippen LogP contribution in [0.15, 0.2) is 6.20 Å². The van der Waals surface area contributed by atoms with E-state index in [9.17, 15) is 9.59 Å². The third kappa shape index (κ3) is 5.04. The van der Waals surface area contributed by atoms with Crippen LogP contribution in [0.3, 0.4) is 0 Å². The lowest BCUT2D eigenvalue weighted by atomic mass is 10.2. The van der Waals surface area contributed by atoms with E-state index in [0.29, 0.717) is 50.0 Å². The van der Waals surface area contributed by atoms with Crippen LogP contribution in [0.25, 0.3) is 0 Å². The summed E-state index contributed by atoms with van der Waals surface area (Å²) in [6, 6.07) is 0. The molecule has 0 spiro atoms. The van der Waals surface area contributed by atoms with Crippen LogP contribution in [0.5, 0.6) is 0 Å². The van der Waals surface area contributed by atoms with E-state index >= 15 is 0 Å². The molecule has 1 aliphatic heterocycles. The van der Waals surface area contributed by atoms with Gasteiger partial charge >= 0.3 is 12.1 Å². The van der Waals surface area contributed by atoms with E-state index in [-0.39, 0.29) is 6.09 Å². The van der Waals surface area contributed by atoms with E-state index in [0.717, 1.165) is 0 Å². The van der Waals surface area contributed by atoms with Crippen molar-refractivity contribution in [1.82, 2.24) is 14.9 Å². The second-order valence-electron chi connectivity index (χ2n) is 6.83. The number of piperazine rings is 1. The number of aromatic nitrogens is 2. The average molecular weight is 350 g/mol. The number of amides is 1. The normalized spacial score (nSPS) is 15.1. The zero-order chi connectivity index (χ0) is 18.6. The van der Waals surface area contributed by atoms with Gasteiger partial charge in [0.15, 0.2) is 0 Å². The number of anilines is 1. The number of carbonyl (C=O) groups excluding carboxylic acids is 2. The Balaban J connectivity index is 2.09. The molecule has 1 aromatic rings. The van der Waals surface area contributed by atoms with Gasteiger partial charge in [-0.2, -0.15) is 0 Å². The third-order valence-electron chi connectivity index (χ3n) is 3.62. The Morgan fingerprint density at radius 1 is 1.20 bits per heavy atom. The summed E-state index contributed by atoms with van der Waals surface area (Å²) in [4.78, 5) is 36.4. The lowest BCUT2D eigenvalue weighted by Gasteiger charge is -2.36. The highest BCUT2D eigenvalue weighted by Crippen LogP contribution is 2.21. The summed E-state index contributed by atoms with van der Waals surface area (Å²) in [5, 5.41) is 0. The van der Waals surface area contributed by atoms with Gasteiger partial charge in [0.2, 0.25) is 0 Å². The first-order valence-corrected chi connectivity index (χ1v) is 8.45. The van der Waals surface area contributed by atoms with Crippen molar-refractivity contribution in [2.45, 2.75) is 40.2 Å². The predicted octanol–water partition coefficient (Wildman–Crippen LogP) is 2.02. The minimum Gasteiger partial charge on any atom is -0.462 e. The average Bonchev–Trinajstić information content (AvgIpc) is 2.53. The van der Waals surface area contributed by atoms with Gasteiger partial charge in [0.1, 0.15) is 22.8 Å². The fourth-order valence-electron chi connectivity index (χ4n) is 2.48. The Morgan fingerprint density at radius 3 is 2.40 bits per heavy atom. The van der Waals surface area contributed by atoms with Crippen LogP contribution in [-0.4, -0.2) is 65.3 Å². The lowest BCUT2D eigenvalue weighted by Crippen LogP contribution is -2.50. The molecule has 8 heteroatoms. The number of hydrogen-bond acceptors (Lipinski definition) is 7. The molecule has 1 aromatic heterocycles. The number of aryl methyl sites for hydroxylation is 1. The van der Waals surface area contributed by atoms with Crippen LogP contribution in [0.1, 0.15) is 43.9 Å². The number of rotatable bonds is 3. The lowest BCUT2D eigenvalue weighted by molar-refractivity contribution is 0.0239. The van der Waals surface area contributed by atoms with Crippen molar-refractivity contribution >= 4 is 17.9 Å². The molecule has 0 N–H and O–H groups in total. The molecule has 0 radical (unpaired) electrons. The summed E-state index contributed by atoms with van der Waals surface area (Å²) in [6.45, 7) is 11.5. The van der Waals surface area contributed by atoms with Crippen molar-refractivity contribution in [2.75, 3.05) is 37.7 Å². The quantitative estimate of drug-likeness (QED) is 0.771. The van der Waals surface area contributed by atoms with Crippen LogP contribution in [0.4, 0.5) is 10.6 Å². The van der Waals surface area contributed by atoms with Crippen LogP contribution in [0, 0.1) is 6.92 Å². The fourth-order valence-corrected chi connectivity index (χ4v) is 2.48. The number of esters is 1. The Bertz CT molecular complexity index is 634. The fraction of sp³-hybridized carbons (Fsp3) is 0.647. The molecule has 0 unspecified atom stereocenters. The Labute approximate surface area is 148 Å². The van der Waals surface area contributed by atoms with Crippen LogP contribution in [-0.2, 0) is 9.47 Å². The smallest absolute Gasteiger partial charge is 0.410 e. The SMILES string of the molecule is CCOC(=O)c1cnc(C)nc1N1CCN(C(=O)OC(C)(C)C)CC1.